The molecule has 0 heterocycles. The molecular weight excluding hydrogens is 380 g/mol. The average Bonchev–Trinajstić information content (AvgIpc) is 2.73. The smallest absolute Gasteiger partial charge is 0.238 e. The van der Waals surface area contributed by atoms with E-state index in [9.17, 15) is 14.4 Å². The highest BCUT2D eigenvalue weighted by atomic mass is 16.2. The van der Waals surface area contributed by atoms with Gasteiger partial charge in [-0.15, -0.1) is 0 Å². The number of allylic oxidation sites excluding steroid dienone is 1. The first-order valence-electron chi connectivity index (χ1n) is 10.8. The molecule has 0 unspecified atom stereocenters. The second kappa shape index (κ2) is 12.1. The summed E-state index contributed by atoms with van der Waals surface area (Å²) in [4.78, 5) is 37.9. The topological polar surface area (TPSA) is 90.5 Å². The summed E-state index contributed by atoms with van der Waals surface area (Å²) >= 11 is 0. The van der Waals surface area contributed by atoms with Gasteiger partial charge in [0.15, 0.2) is 0 Å². The highest BCUT2D eigenvalue weighted by Crippen LogP contribution is 2.19. The van der Waals surface area contributed by atoms with Crippen LogP contribution in [0.3, 0.4) is 0 Å². The second-order valence-electron chi connectivity index (χ2n) is 7.69. The van der Waals surface area contributed by atoms with Crippen LogP contribution in [0.5, 0.6) is 0 Å². The highest BCUT2D eigenvalue weighted by molar-refractivity contribution is 5.93. The SMILES string of the molecule is CCN(CC(=O)Nc1ccc(NC(C)=O)cc1)[C@@H](C)C(=O)NCCC1=CCCCC1. The van der Waals surface area contributed by atoms with Crippen LogP contribution in [0.4, 0.5) is 11.4 Å². The fourth-order valence-corrected chi connectivity index (χ4v) is 3.54. The number of hydrogen-bond acceptors (Lipinski definition) is 4. The van der Waals surface area contributed by atoms with Crippen LogP contribution >= 0.6 is 0 Å². The Balaban J connectivity index is 1.79. The molecule has 3 amide bonds. The molecule has 0 saturated heterocycles. The molecule has 1 aromatic rings. The third kappa shape index (κ3) is 7.99. The molecule has 0 bridgehead atoms. The number of nitrogens with one attached hydrogen (secondary N) is 3. The quantitative estimate of drug-likeness (QED) is 0.513. The molecule has 0 saturated carbocycles. The number of carbonyl (C=O) groups excluding carboxylic acids is 3. The van der Waals surface area contributed by atoms with Crippen LogP contribution in [0.15, 0.2) is 35.9 Å². The van der Waals surface area contributed by atoms with E-state index in [4.69, 9.17) is 0 Å². The maximum atomic E-state index is 12.5. The molecule has 1 aromatic carbocycles. The van der Waals surface area contributed by atoms with Crippen molar-refractivity contribution in [3.8, 4) is 0 Å². The maximum Gasteiger partial charge on any atom is 0.238 e. The van der Waals surface area contributed by atoms with Gasteiger partial charge in [-0.3, -0.25) is 19.3 Å². The van der Waals surface area contributed by atoms with E-state index in [0.717, 1.165) is 19.3 Å². The van der Waals surface area contributed by atoms with Crippen molar-refractivity contribution in [2.75, 3.05) is 30.3 Å². The average molecular weight is 415 g/mol. The highest BCUT2D eigenvalue weighted by Gasteiger charge is 2.22. The van der Waals surface area contributed by atoms with Crippen LogP contribution < -0.4 is 16.0 Å². The molecule has 0 spiro atoms. The summed E-state index contributed by atoms with van der Waals surface area (Å²) in [6.45, 7) is 6.57. The molecule has 0 aromatic heterocycles. The third-order valence-corrected chi connectivity index (χ3v) is 5.30. The van der Waals surface area contributed by atoms with Crippen LogP contribution in [0.1, 0.15) is 52.9 Å². The van der Waals surface area contributed by atoms with E-state index in [0.29, 0.717) is 24.5 Å². The van der Waals surface area contributed by atoms with Gasteiger partial charge in [-0.2, -0.15) is 0 Å². The van der Waals surface area contributed by atoms with Gasteiger partial charge < -0.3 is 16.0 Å². The summed E-state index contributed by atoms with van der Waals surface area (Å²) in [7, 11) is 0. The number of benzene rings is 1. The predicted molar refractivity (Wildman–Crippen MR) is 120 cm³/mol. The van der Waals surface area contributed by atoms with Gasteiger partial charge in [0.2, 0.25) is 17.7 Å². The number of likely N-dealkylation sites (N-methyl/N-ethyl adjacent to an activating group) is 1. The normalized spacial score (nSPS) is 14.6. The molecule has 1 atom stereocenters. The van der Waals surface area contributed by atoms with Crippen LogP contribution in [-0.4, -0.2) is 48.3 Å². The summed E-state index contributed by atoms with van der Waals surface area (Å²) in [5, 5.41) is 8.52. The van der Waals surface area contributed by atoms with Crippen molar-refractivity contribution in [2.24, 2.45) is 0 Å². The standard InChI is InChI=1S/C23H34N4O3/c1-4-27(17(2)23(30)24-15-14-19-8-6-5-7-9-19)16-22(29)26-21-12-10-20(11-13-21)25-18(3)28/h8,10-13,17H,4-7,9,14-16H2,1-3H3,(H,24,30)(H,25,28)(H,26,29)/t17-/m0/s1. The number of hydrogen-bond donors (Lipinski definition) is 3. The van der Waals surface area contributed by atoms with Gasteiger partial charge in [0.05, 0.1) is 12.6 Å². The number of anilines is 2. The van der Waals surface area contributed by atoms with Crippen molar-refractivity contribution in [2.45, 2.75) is 58.9 Å². The van der Waals surface area contributed by atoms with Gasteiger partial charge in [-0.1, -0.05) is 18.6 Å². The molecule has 3 N–H and O–H groups in total. The molecule has 1 aliphatic rings. The van der Waals surface area contributed by atoms with Crippen molar-refractivity contribution in [1.29, 1.82) is 0 Å². The largest absolute Gasteiger partial charge is 0.354 e. The molecular formula is C23H34N4O3. The molecule has 0 fully saturated rings. The summed E-state index contributed by atoms with van der Waals surface area (Å²) in [5.74, 6) is -0.384. The van der Waals surface area contributed by atoms with E-state index < -0.39 is 0 Å². The van der Waals surface area contributed by atoms with E-state index in [-0.39, 0.29) is 30.3 Å². The Hall–Kier alpha value is -2.67. The Morgan fingerprint density at radius 2 is 1.73 bits per heavy atom. The molecule has 0 radical (unpaired) electrons. The Morgan fingerprint density at radius 1 is 1.07 bits per heavy atom. The lowest BCUT2D eigenvalue weighted by Gasteiger charge is -2.26. The molecule has 7 heteroatoms. The minimum absolute atomic E-state index is 0.0549. The van der Waals surface area contributed by atoms with Crippen molar-refractivity contribution < 1.29 is 14.4 Å². The van der Waals surface area contributed by atoms with Crippen LogP contribution in [0, 0.1) is 0 Å². The Morgan fingerprint density at radius 3 is 2.30 bits per heavy atom. The summed E-state index contributed by atoms with van der Waals surface area (Å²) in [5.41, 5.74) is 2.75. The lowest BCUT2D eigenvalue weighted by atomic mass is 9.97. The predicted octanol–water partition coefficient (Wildman–Crippen LogP) is 3.30. The maximum absolute atomic E-state index is 12.5. The van der Waals surface area contributed by atoms with Crippen molar-refractivity contribution in [3.63, 3.8) is 0 Å². The van der Waals surface area contributed by atoms with E-state index in [1.54, 1.807) is 24.3 Å². The van der Waals surface area contributed by atoms with Crippen LogP contribution in [-0.2, 0) is 14.4 Å². The zero-order valence-electron chi connectivity index (χ0n) is 18.3. The first kappa shape index (κ1) is 23.6. The summed E-state index contributed by atoms with van der Waals surface area (Å²) < 4.78 is 0. The molecule has 1 aliphatic carbocycles. The third-order valence-electron chi connectivity index (χ3n) is 5.30. The molecule has 7 nitrogen and oxygen atoms in total. The van der Waals surface area contributed by atoms with Crippen molar-refractivity contribution in [1.82, 2.24) is 10.2 Å². The molecule has 0 aliphatic heterocycles. The minimum Gasteiger partial charge on any atom is -0.354 e. The second-order valence-corrected chi connectivity index (χ2v) is 7.69. The van der Waals surface area contributed by atoms with E-state index in [1.807, 2.05) is 18.7 Å². The van der Waals surface area contributed by atoms with Gasteiger partial charge in [0.1, 0.15) is 0 Å². The van der Waals surface area contributed by atoms with Gasteiger partial charge in [-0.25, -0.2) is 0 Å². The van der Waals surface area contributed by atoms with E-state index in [1.165, 1.54) is 25.3 Å². The number of nitrogens with zero attached hydrogens (tertiary/aromatic N) is 1. The van der Waals surface area contributed by atoms with Gasteiger partial charge in [0, 0.05) is 24.8 Å². The molecule has 30 heavy (non-hydrogen) atoms. The van der Waals surface area contributed by atoms with Crippen molar-refractivity contribution >= 4 is 29.1 Å². The summed E-state index contributed by atoms with van der Waals surface area (Å²) in [6.07, 6.45) is 7.99. The number of rotatable bonds is 10. The van der Waals surface area contributed by atoms with Crippen LogP contribution in [0.25, 0.3) is 0 Å². The minimum atomic E-state index is -0.386. The lowest BCUT2D eigenvalue weighted by Crippen LogP contribution is -2.48. The Labute approximate surface area is 179 Å². The Bertz CT molecular complexity index is 758. The fourth-order valence-electron chi connectivity index (χ4n) is 3.54. The lowest BCUT2D eigenvalue weighted by molar-refractivity contribution is -0.127. The van der Waals surface area contributed by atoms with Crippen molar-refractivity contribution in [3.05, 3.63) is 35.9 Å². The van der Waals surface area contributed by atoms with Gasteiger partial charge >= 0.3 is 0 Å². The number of amides is 3. The zero-order valence-corrected chi connectivity index (χ0v) is 18.3. The van der Waals surface area contributed by atoms with E-state index >= 15 is 0 Å². The number of carbonyl (C=O) groups is 3. The fraction of sp³-hybridized carbons (Fsp3) is 0.522. The Kier molecular flexibility index (Phi) is 9.54. The monoisotopic (exact) mass is 414 g/mol. The first-order chi connectivity index (χ1) is 14.4. The van der Waals surface area contributed by atoms with Crippen LogP contribution in [0.2, 0.25) is 0 Å². The van der Waals surface area contributed by atoms with Gasteiger partial charge in [0.25, 0.3) is 0 Å². The molecule has 164 valence electrons. The summed E-state index contributed by atoms with van der Waals surface area (Å²) in [6, 6.07) is 6.53. The molecule has 2 rings (SSSR count). The van der Waals surface area contributed by atoms with E-state index in [2.05, 4.69) is 22.0 Å². The zero-order chi connectivity index (χ0) is 21.9. The first-order valence-corrected chi connectivity index (χ1v) is 10.8. The van der Waals surface area contributed by atoms with Gasteiger partial charge in [-0.05, 0) is 69.8 Å².